The van der Waals surface area contributed by atoms with E-state index in [1.807, 2.05) is 6.07 Å². The van der Waals surface area contributed by atoms with Crippen molar-refractivity contribution in [3.05, 3.63) is 17.7 Å². The minimum absolute atomic E-state index is 0.260. The van der Waals surface area contributed by atoms with Crippen molar-refractivity contribution in [3.63, 3.8) is 0 Å². The summed E-state index contributed by atoms with van der Waals surface area (Å²) < 4.78 is 26.4. The van der Waals surface area contributed by atoms with Gasteiger partial charge < -0.3 is 23.7 Å². The minimum atomic E-state index is 0.260. The van der Waals surface area contributed by atoms with Gasteiger partial charge in [0.1, 0.15) is 11.9 Å². The summed E-state index contributed by atoms with van der Waals surface area (Å²) >= 11 is 0. The van der Waals surface area contributed by atoms with Crippen molar-refractivity contribution in [2.75, 3.05) is 34.5 Å². The van der Waals surface area contributed by atoms with Crippen LogP contribution in [-0.4, -0.2) is 40.6 Å². The van der Waals surface area contributed by atoms with Crippen LogP contribution in [0.15, 0.2) is 12.1 Å². The lowest BCUT2D eigenvalue weighted by atomic mass is 10.2. The molecule has 2 rings (SSSR count). The second-order valence-corrected chi connectivity index (χ2v) is 3.99. The molecule has 0 radical (unpaired) electrons. The van der Waals surface area contributed by atoms with Gasteiger partial charge in [0, 0.05) is 11.6 Å². The van der Waals surface area contributed by atoms with Gasteiger partial charge in [0.15, 0.2) is 11.5 Å². The molecular formula is C13H18O5. The third-order valence-electron chi connectivity index (χ3n) is 2.75. The van der Waals surface area contributed by atoms with E-state index < -0.39 is 0 Å². The zero-order valence-electron chi connectivity index (χ0n) is 10.9. The summed E-state index contributed by atoms with van der Waals surface area (Å²) in [6.45, 7) is 1.87. The minimum Gasteiger partial charge on any atom is -0.496 e. The monoisotopic (exact) mass is 254 g/mol. The van der Waals surface area contributed by atoms with Gasteiger partial charge in [-0.05, 0) is 6.07 Å². The van der Waals surface area contributed by atoms with Crippen LogP contribution in [0.4, 0.5) is 0 Å². The first-order valence-corrected chi connectivity index (χ1v) is 5.76. The Morgan fingerprint density at radius 3 is 2.22 bits per heavy atom. The molecule has 5 nitrogen and oxygen atoms in total. The summed E-state index contributed by atoms with van der Waals surface area (Å²) in [5.41, 5.74) is 0.927. The SMILES string of the molecule is COc1cc(OC)c(OC)cc1COC[C@@H]1CO1. The predicted octanol–water partition coefficient (Wildman–Crippen LogP) is 1.63. The number of epoxide rings is 1. The molecule has 1 fully saturated rings. The molecule has 100 valence electrons. The molecule has 18 heavy (non-hydrogen) atoms. The molecule has 0 bridgehead atoms. The van der Waals surface area contributed by atoms with Gasteiger partial charge in [-0.25, -0.2) is 0 Å². The van der Waals surface area contributed by atoms with Crippen LogP contribution in [0.2, 0.25) is 0 Å². The van der Waals surface area contributed by atoms with E-state index in [9.17, 15) is 0 Å². The van der Waals surface area contributed by atoms with Crippen LogP contribution in [0.3, 0.4) is 0 Å². The normalized spacial score (nSPS) is 17.4. The van der Waals surface area contributed by atoms with Gasteiger partial charge in [0.05, 0.1) is 41.2 Å². The average Bonchev–Trinajstić information content (AvgIpc) is 3.22. The molecule has 0 N–H and O–H groups in total. The number of rotatable bonds is 7. The molecule has 1 saturated heterocycles. The largest absolute Gasteiger partial charge is 0.496 e. The molecule has 0 amide bonds. The first kappa shape index (κ1) is 13.0. The first-order chi connectivity index (χ1) is 8.78. The van der Waals surface area contributed by atoms with Crippen LogP contribution >= 0.6 is 0 Å². The number of hydrogen-bond donors (Lipinski definition) is 0. The predicted molar refractivity (Wildman–Crippen MR) is 65.5 cm³/mol. The lowest BCUT2D eigenvalue weighted by Crippen LogP contribution is -2.03. The molecule has 5 heteroatoms. The summed E-state index contributed by atoms with van der Waals surface area (Å²) in [6, 6.07) is 3.66. The second-order valence-electron chi connectivity index (χ2n) is 3.99. The summed E-state index contributed by atoms with van der Waals surface area (Å²) in [5, 5.41) is 0. The van der Waals surface area contributed by atoms with Crippen LogP contribution in [0.5, 0.6) is 17.2 Å². The lowest BCUT2D eigenvalue weighted by molar-refractivity contribution is 0.102. The maximum Gasteiger partial charge on any atom is 0.164 e. The van der Waals surface area contributed by atoms with Crippen molar-refractivity contribution in [1.82, 2.24) is 0 Å². The van der Waals surface area contributed by atoms with Gasteiger partial charge in [-0.3, -0.25) is 0 Å². The van der Waals surface area contributed by atoms with Crippen molar-refractivity contribution >= 4 is 0 Å². The molecule has 1 aliphatic rings. The Hall–Kier alpha value is -1.46. The standard InChI is InChI=1S/C13H18O5/c1-14-11-5-13(16-3)12(15-2)4-9(11)6-17-7-10-8-18-10/h4-5,10H,6-8H2,1-3H3/t10-/m1/s1. The van der Waals surface area contributed by atoms with Crippen molar-refractivity contribution in [1.29, 1.82) is 0 Å². The second kappa shape index (κ2) is 5.93. The van der Waals surface area contributed by atoms with E-state index >= 15 is 0 Å². The molecule has 1 heterocycles. The Morgan fingerprint density at radius 1 is 1.06 bits per heavy atom. The molecule has 1 aliphatic heterocycles. The molecule has 1 aromatic rings. The van der Waals surface area contributed by atoms with Crippen molar-refractivity contribution in [2.45, 2.75) is 12.7 Å². The lowest BCUT2D eigenvalue weighted by Gasteiger charge is -2.14. The Balaban J connectivity index is 2.09. The Labute approximate surface area is 107 Å². The molecule has 1 aromatic carbocycles. The van der Waals surface area contributed by atoms with Crippen LogP contribution < -0.4 is 14.2 Å². The average molecular weight is 254 g/mol. The van der Waals surface area contributed by atoms with Gasteiger partial charge >= 0.3 is 0 Å². The molecular weight excluding hydrogens is 236 g/mol. The molecule has 0 aliphatic carbocycles. The van der Waals surface area contributed by atoms with Crippen LogP contribution in [0.1, 0.15) is 5.56 Å². The van der Waals surface area contributed by atoms with E-state index in [1.54, 1.807) is 27.4 Å². The first-order valence-electron chi connectivity index (χ1n) is 5.76. The van der Waals surface area contributed by atoms with Crippen LogP contribution in [-0.2, 0) is 16.1 Å². The van der Waals surface area contributed by atoms with E-state index in [1.165, 1.54) is 0 Å². The molecule has 0 saturated carbocycles. The number of ether oxygens (including phenoxy) is 5. The summed E-state index contributed by atoms with van der Waals surface area (Å²) in [4.78, 5) is 0. The molecule has 1 atom stereocenters. The third kappa shape index (κ3) is 3.05. The van der Waals surface area contributed by atoms with Crippen molar-refractivity contribution in [3.8, 4) is 17.2 Å². The van der Waals surface area contributed by atoms with Gasteiger partial charge in [-0.1, -0.05) is 0 Å². The third-order valence-corrected chi connectivity index (χ3v) is 2.75. The van der Waals surface area contributed by atoms with E-state index in [2.05, 4.69) is 0 Å². The summed E-state index contributed by atoms with van der Waals surface area (Å²) in [7, 11) is 4.82. The zero-order valence-corrected chi connectivity index (χ0v) is 10.9. The fourth-order valence-electron chi connectivity index (χ4n) is 1.67. The van der Waals surface area contributed by atoms with E-state index in [0.29, 0.717) is 24.7 Å². The van der Waals surface area contributed by atoms with Crippen molar-refractivity contribution < 1.29 is 23.7 Å². The van der Waals surface area contributed by atoms with Gasteiger partial charge in [-0.2, -0.15) is 0 Å². The van der Waals surface area contributed by atoms with E-state index in [0.717, 1.165) is 17.9 Å². The summed E-state index contributed by atoms with van der Waals surface area (Å²) in [5.74, 6) is 2.03. The van der Waals surface area contributed by atoms with Crippen molar-refractivity contribution in [2.24, 2.45) is 0 Å². The Morgan fingerprint density at radius 2 is 1.67 bits per heavy atom. The van der Waals surface area contributed by atoms with Crippen LogP contribution in [0, 0.1) is 0 Å². The maximum absolute atomic E-state index is 5.56. The van der Waals surface area contributed by atoms with E-state index in [4.69, 9.17) is 23.7 Å². The highest BCUT2D eigenvalue weighted by molar-refractivity contribution is 5.50. The summed E-state index contributed by atoms with van der Waals surface area (Å²) in [6.07, 6.45) is 0.260. The van der Waals surface area contributed by atoms with Crippen LogP contribution in [0.25, 0.3) is 0 Å². The smallest absolute Gasteiger partial charge is 0.164 e. The van der Waals surface area contributed by atoms with E-state index in [-0.39, 0.29) is 6.10 Å². The number of methoxy groups -OCH3 is 3. The fourth-order valence-corrected chi connectivity index (χ4v) is 1.67. The quantitative estimate of drug-likeness (QED) is 0.692. The Kier molecular flexibility index (Phi) is 4.28. The number of hydrogen-bond acceptors (Lipinski definition) is 5. The molecule has 0 aromatic heterocycles. The highest BCUT2D eigenvalue weighted by atomic mass is 16.6. The fraction of sp³-hybridized carbons (Fsp3) is 0.538. The zero-order chi connectivity index (χ0) is 13.0. The van der Waals surface area contributed by atoms with Gasteiger partial charge in [-0.15, -0.1) is 0 Å². The molecule has 0 unspecified atom stereocenters. The highest BCUT2D eigenvalue weighted by Crippen LogP contribution is 2.34. The Bertz CT molecular complexity index is 401. The number of benzene rings is 1. The van der Waals surface area contributed by atoms with Gasteiger partial charge in [0.25, 0.3) is 0 Å². The molecule has 0 spiro atoms. The maximum atomic E-state index is 5.56. The topological polar surface area (TPSA) is 49.5 Å². The van der Waals surface area contributed by atoms with Gasteiger partial charge in [0.2, 0.25) is 0 Å². The highest BCUT2D eigenvalue weighted by Gasteiger charge is 2.22.